The molecule has 162 valence electrons. The van der Waals surface area contributed by atoms with E-state index in [9.17, 15) is 18.8 Å². The van der Waals surface area contributed by atoms with Crippen LogP contribution in [-0.4, -0.2) is 35.4 Å². The number of carbonyl (C=O) groups is 3. The SMILES string of the molecule is CC[C@H](C)Oc1ccc(/C=C2/NC(=O)N(CC(=O)Nc3ccc(F)cc3)C2=O)cc1Cl. The quantitative estimate of drug-likeness (QED) is 0.494. The molecule has 2 aromatic carbocycles. The fraction of sp³-hybridized carbons (Fsp3) is 0.227. The van der Waals surface area contributed by atoms with Crippen LogP contribution in [0.2, 0.25) is 5.02 Å². The molecule has 1 saturated heterocycles. The van der Waals surface area contributed by atoms with E-state index in [2.05, 4.69) is 10.6 Å². The van der Waals surface area contributed by atoms with Crippen LogP contribution in [0.5, 0.6) is 5.75 Å². The maximum Gasteiger partial charge on any atom is 0.329 e. The Hall–Kier alpha value is -3.39. The van der Waals surface area contributed by atoms with Crippen molar-refractivity contribution < 1.29 is 23.5 Å². The molecule has 0 aliphatic carbocycles. The van der Waals surface area contributed by atoms with Gasteiger partial charge >= 0.3 is 6.03 Å². The highest BCUT2D eigenvalue weighted by Crippen LogP contribution is 2.28. The van der Waals surface area contributed by atoms with E-state index in [1.165, 1.54) is 30.3 Å². The number of rotatable bonds is 7. The largest absolute Gasteiger partial charge is 0.489 e. The zero-order valence-corrected chi connectivity index (χ0v) is 17.7. The maximum atomic E-state index is 13.0. The second-order valence-corrected chi connectivity index (χ2v) is 7.37. The van der Waals surface area contributed by atoms with E-state index in [4.69, 9.17) is 16.3 Å². The van der Waals surface area contributed by atoms with Crippen molar-refractivity contribution in [3.05, 3.63) is 64.6 Å². The van der Waals surface area contributed by atoms with Crippen molar-refractivity contribution in [2.24, 2.45) is 0 Å². The van der Waals surface area contributed by atoms with Gasteiger partial charge in [-0.05, 0) is 61.4 Å². The first-order valence-electron chi connectivity index (χ1n) is 9.63. The monoisotopic (exact) mass is 445 g/mol. The van der Waals surface area contributed by atoms with E-state index in [0.29, 0.717) is 22.0 Å². The molecule has 1 aliphatic heterocycles. The summed E-state index contributed by atoms with van der Waals surface area (Å²) in [5.41, 5.74) is 0.956. The number of amides is 4. The number of nitrogens with zero attached hydrogens (tertiary/aromatic N) is 1. The molecule has 0 unspecified atom stereocenters. The van der Waals surface area contributed by atoms with Crippen LogP contribution in [0, 0.1) is 5.82 Å². The Morgan fingerprint density at radius 2 is 1.97 bits per heavy atom. The van der Waals surface area contributed by atoms with E-state index in [-0.39, 0.29) is 11.8 Å². The summed E-state index contributed by atoms with van der Waals surface area (Å²) in [6.45, 7) is 3.44. The Morgan fingerprint density at radius 3 is 2.61 bits per heavy atom. The molecule has 31 heavy (non-hydrogen) atoms. The number of hydrogen-bond donors (Lipinski definition) is 2. The van der Waals surface area contributed by atoms with E-state index >= 15 is 0 Å². The lowest BCUT2D eigenvalue weighted by Crippen LogP contribution is -2.38. The van der Waals surface area contributed by atoms with Crippen molar-refractivity contribution in [1.82, 2.24) is 10.2 Å². The van der Waals surface area contributed by atoms with Crippen LogP contribution in [0.15, 0.2) is 48.2 Å². The maximum absolute atomic E-state index is 13.0. The molecule has 3 rings (SSSR count). The number of anilines is 1. The normalized spacial score (nSPS) is 15.7. The molecule has 1 aliphatic rings. The average molecular weight is 446 g/mol. The van der Waals surface area contributed by atoms with Crippen molar-refractivity contribution in [3.8, 4) is 5.75 Å². The van der Waals surface area contributed by atoms with E-state index in [1.807, 2.05) is 13.8 Å². The number of imide groups is 1. The molecule has 2 N–H and O–H groups in total. The van der Waals surface area contributed by atoms with Gasteiger partial charge in [-0.1, -0.05) is 24.6 Å². The Bertz CT molecular complexity index is 1040. The minimum atomic E-state index is -0.715. The minimum absolute atomic E-state index is 0.00650. The van der Waals surface area contributed by atoms with Gasteiger partial charge in [-0.15, -0.1) is 0 Å². The number of ether oxygens (including phenoxy) is 1. The lowest BCUT2D eigenvalue weighted by Gasteiger charge is -2.14. The van der Waals surface area contributed by atoms with Crippen molar-refractivity contribution in [3.63, 3.8) is 0 Å². The molecule has 1 fully saturated rings. The van der Waals surface area contributed by atoms with Gasteiger partial charge in [-0.3, -0.25) is 9.59 Å². The number of carbonyl (C=O) groups excluding carboxylic acids is 3. The minimum Gasteiger partial charge on any atom is -0.489 e. The van der Waals surface area contributed by atoms with Crippen LogP contribution < -0.4 is 15.4 Å². The Morgan fingerprint density at radius 1 is 1.26 bits per heavy atom. The summed E-state index contributed by atoms with van der Waals surface area (Å²) in [5, 5.41) is 5.33. The van der Waals surface area contributed by atoms with Crippen LogP contribution in [-0.2, 0) is 9.59 Å². The summed E-state index contributed by atoms with van der Waals surface area (Å²) in [6, 6.07) is 9.44. The summed E-state index contributed by atoms with van der Waals surface area (Å²) < 4.78 is 18.7. The van der Waals surface area contributed by atoms with E-state index in [1.54, 1.807) is 18.2 Å². The first-order chi connectivity index (χ1) is 14.8. The number of halogens is 2. The van der Waals surface area contributed by atoms with Gasteiger partial charge in [-0.25, -0.2) is 14.1 Å². The third-order valence-electron chi connectivity index (χ3n) is 4.56. The Labute approximate surface area is 183 Å². The molecule has 0 saturated carbocycles. The predicted octanol–water partition coefficient (Wildman–Crippen LogP) is 4.19. The third-order valence-corrected chi connectivity index (χ3v) is 4.86. The van der Waals surface area contributed by atoms with Gasteiger partial charge in [0.15, 0.2) is 0 Å². The van der Waals surface area contributed by atoms with Crippen LogP contribution in [0.4, 0.5) is 14.9 Å². The summed E-state index contributed by atoms with van der Waals surface area (Å²) in [7, 11) is 0. The van der Waals surface area contributed by atoms with Gasteiger partial charge in [0.25, 0.3) is 5.91 Å². The van der Waals surface area contributed by atoms with Crippen molar-refractivity contribution in [1.29, 1.82) is 0 Å². The van der Waals surface area contributed by atoms with Crippen LogP contribution in [0.1, 0.15) is 25.8 Å². The van der Waals surface area contributed by atoms with Gasteiger partial charge in [0.05, 0.1) is 11.1 Å². The smallest absolute Gasteiger partial charge is 0.329 e. The molecule has 0 aromatic heterocycles. The van der Waals surface area contributed by atoms with Crippen molar-refractivity contribution in [2.75, 3.05) is 11.9 Å². The van der Waals surface area contributed by atoms with Gasteiger partial charge in [0.1, 0.15) is 23.8 Å². The second kappa shape index (κ2) is 9.61. The van der Waals surface area contributed by atoms with Crippen molar-refractivity contribution >= 4 is 41.2 Å². The molecular weight excluding hydrogens is 425 g/mol. The second-order valence-electron chi connectivity index (χ2n) is 6.96. The Kier molecular flexibility index (Phi) is 6.91. The summed E-state index contributed by atoms with van der Waals surface area (Å²) in [5.74, 6) is -1.15. The standard InChI is InChI=1S/C22H21ClFN3O4/c1-3-13(2)31-19-9-4-14(10-17(19)23)11-18-21(29)27(22(30)26-18)12-20(28)25-16-7-5-15(24)6-8-16/h4-11,13H,3,12H2,1-2H3,(H,25,28)(H,26,30)/b18-11+/t13-/m0/s1. The fourth-order valence-electron chi connectivity index (χ4n) is 2.76. The molecular formula is C22H21ClFN3O4. The first kappa shape index (κ1) is 22.3. The summed E-state index contributed by atoms with van der Waals surface area (Å²) >= 11 is 6.25. The topological polar surface area (TPSA) is 87.7 Å². The van der Waals surface area contributed by atoms with Crippen LogP contribution in [0.25, 0.3) is 6.08 Å². The molecule has 0 radical (unpaired) electrons. The van der Waals surface area contributed by atoms with Crippen molar-refractivity contribution in [2.45, 2.75) is 26.4 Å². The molecule has 2 aromatic rings. The molecule has 1 heterocycles. The van der Waals surface area contributed by atoms with Crippen LogP contribution in [0.3, 0.4) is 0 Å². The van der Waals surface area contributed by atoms with E-state index < -0.39 is 30.2 Å². The van der Waals surface area contributed by atoms with Gasteiger partial charge in [-0.2, -0.15) is 0 Å². The zero-order valence-electron chi connectivity index (χ0n) is 16.9. The van der Waals surface area contributed by atoms with Gasteiger partial charge < -0.3 is 15.4 Å². The van der Waals surface area contributed by atoms with Crippen LogP contribution >= 0.6 is 11.6 Å². The molecule has 0 bridgehead atoms. The number of urea groups is 1. The first-order valence-corrected chi connectivity index (χ1v) is 10.0. The lowest BCUT2D eigenvalue weighted by molar-refractivity contribution is -0.127. The molecule has 4 amide bonds. The highest BCUT2D eigenvalue weighted by Gasteiger charge is 2.34. The number of nitrogens with one attached hydrogen (secondary N) is 2. The number of hydrogen-bond acceptors (Lipinski definition) is 4. The molecule has 1 atom stereocenters. The zero-order chi connectivity index (χ0) is 22.5. The highest BCUT2D eigenvalue weighted by atomic mass is 35.5. The number of benzene rings is 2. The molecule has 0 spiro atoms. The van der Waals surface area contributed by atoms with Gasteiger partial charge in [0, 0.05) is 5.69 Å². The molecule has 7 nitrogen and oxygen atoms in total. The fourth-order valence-corrected chi connectivity index (χ4v) is 3.00. The lowest BCUT2D eigenvalue weighted by atomic mass is 10.1. The predicted molar refractivity (Wildman–Crippen MR) is 115 cm³/mol. The highest BCUT2D eigenvalue weighted by molar-refractivity contribution is 6.32. The third kappa shape index (κ3) is 5.61. The Balaban J connectivity index is 1.67. The van der Waals surface area contributed by atoms with Gasteiger partial charge in [0.2, 0.25) is 5.91 Å². The van der Waals surface area contributed by atoms with E-state index in [0.717, 1.165) is 11.3 Å². The average Bonchev–Trinajstić information content (AvgIpc) is 2.99. The summed E-state index contributed by atoms with van der Waals surface area (Å²) in [4.78, 5) is 37.7. The molecule has 9 heteroatoms. The summed E-state index contributed by atoms with van der Waals surface area (Å²) in [6.07, 6.45) is 2.30.